The first-order valence-corrected chi connectivity index (χ1v) is 13.2. The van der Waals surface area contributed by atoms with E-state index in [9.17, 15) is 4.79 Å². The molecule has 3 atom stereocenters. The Kier molecular flexibility index (Phi) is 9.25. The van der Waals surface area contributed by atoms with Crippen LogP contribution in [0.5, 0.6) is 0 Å². The fourth-order valence-corrected chi connectivity index (χ4v) is 4.35. The van der Waals surface area contributed by atoms with Crippen molar-refractivity contribution in [3.63, 3.8) is 0 Å². The summed E-state index contributed by atoms with van der Waals surface area (Å²) in [6.07, 6.45) is 18.5. The van der Waals surface area contributed by atoms with Gasteiger partial charge in [-0.3, -0.25) is 14.2 Å². The molecule has 5 heteroatoms. The van der Waals surface area contributed by atoms with Crippen LogP contribution in [0.2, 0.25) is 0 Å². The van der Waals surface area contributed by atoms with Crippen molar-refractivity contribution in [2.75, 3.05) is 0 Å². The highest BCUT2D eigenvalue weighted by molar-refractivity contribution is 5.74. The summed E-state index contributed by atoms with van der Waals surface area (Å²) in [7, 11) is 0. The number of hydrogen-bond donors (Lipinski definition) is 0. The molecule has 188 valence electrons. The molecule has 1 aliphatic rings. The molecule has 0 bridgehead atoms. The molecule has 0 spiro atoms. The first-order chi connectivity index (χ1) is 16.8. The third kappa shape index (κ3) is 6.59. The Labute approximate surface area is 211 Å². The van der Waals surface area contributed by atoms with Gasteiger partial charge in [0.15, 0.2) is 5.65 Å². The number of allylic oxidation sites excluding steroid dienone is 4. The number of rotatable bonds is 11. The summed E-state index contributed by atoms with van der Waals surface area (Å²) in [6, 6.07) is 1.62. The summed E-state index contributed by atoms with van der Waals surface area (Å²) < 4.78 is 1.65. The van der Waals surface area contributed by atoms with Crippen LogP contribution in [-0.4, -0.2) is 19.3 Å². The van der Waals surface area contributed by atoms with E-state index in [1.807, 2.05) is 29.4 Å². The van der Waals surface area contributed by atoms with Gasteiger partial charge < -0.3 is 4.90 Å². The molecule has 0 aliphatic carbocycles. The first kappa shape index (κ1) is 26.7. The van der Waals surface area contributed by atoms with Crippen LogP contribution in [0.25, 0.3) is 11.2 Å². The largest absolute Gasteiger partial charge is 0.324 e. The van der Waals surface area contributed by atoms with Crippen molar-refractivity contribution in [3.8, 4) is 0 Å². The summed E-state index contributed by atoms with van der Waals surface area (Å²) >= 11 is 0. The van der Waals surface area contributed by atoms with E-state index in [-0.39, 0.29) is 5.56 Å². The van der Waals surface area contributed by atoms with E-state index in [0.717, 1.165) is 42.6 Å². The quantitative estimate of drug-likeness (QED) is 0.339. The van der Waals surface area contributed by atoms with Crippen LogP contribution in [0.15, 0.2) is 65.7 Å². The lowest BCUT2D eigenvalue weighted by atomic mass is 9.90. The van der Waals surface area contributed by atoms with E-state index in [2.05, 4.69) is 54.3 Å². The Balaban J connectivity index is 1.93. The normalized spacial score (nSPS) is 17.0. The van der Waals surface area contributed by atoms with Gasteiger partial charge in [-0.25, -0.2) is 4.98 Å². The second kappa shape index (κ2) is 12.1. The molecule has 3 heterocycles. The van der Waals surface area contributed by atoms with Crippen molar-refractivity contribution < 1.29 is 0 Å². The summed E-state index contributed by atoms with van der Waals surface area (Å²) in [5.41, 5.74) is 5.19. The molecule has 2 aromatic rings. The van der Waals surface area contributed by atoms with E-state index in [4.69, 9.17) is 9.97 Å². The van der Waals surface area contributed by atoms with Crippen LogP contribution in [0, 0.1) is 11.8 Å². The van der Waals surface area contributed by atoms with Gasteiger partial charge in [0.2, 0.25) is 0 Å². The van der Waals surface area contributed by atoms with Crippen molar-refractivity contribution >= 4 is 11.2 Å². The van der Waals surface area contributed by atoms with E-state index < -0.39 is 0 Å². The van der Waals surface area contributed by atoms with Gasteiger partial charge in [0, 0.05) is 41.9 Å². The lowest BCUT2D eigenvalue weighted by Crippen LogP contribution is -2.18. The molecule has 3 unspecified atom stereocenters. The molecular weight excluding hydrogens is 432 g/mol. The van der Waals surface area contributed by atoms with Crippen molar-refractivity contribution in [3.05, 3.63) is 82.6 Å². The summed E-state index contributed by atoms with van der Waals surface area (Å²) in [5.74, 6) is 1.57. The third-order valence-electron chi connectivity index (χ3n) is 7.42. The highest BCUT2D eigenvalue weighted by Gasteiger charge is 2.17. The van der Waals surface area contributed by atoms with Crippen LogP contribution >= 0.6 is 0 Å². The van der Waals surface area contributed by atoms with Gasteiger partial charge in [-0.1, -0.05) is 66.0 Å². The predicted molar refractivity (Wildman–Crippen MR) is 147 cm³/mol. The minimum atomic E-state index is -0.0811. The number of hydrogen-bond acceptors (Lipinski definition) is 4. The average Bonchev–Trinajstić information content (AvgIpc) is 2.86. The van der Waals surface area contributed by atoms with Crippen LogP contribution in [0.3, 0.4) is 0 Å². The Hall–Kier alpha value is -2.95. The lowest BCUT2D eigenvalue weighted by molar-refractivity contribution is 0.440. The van der Waals surface area contributed by atoms with Crippen molar-refractivity contribution in [2.24, 2.45) is 11.8 Å². The fourth-order valence-electron chi connectivity index (χ4n) is 4.35. The molecule has 5 nitrogen and oxygen atoms in total. The Bertz CT molecular complexity index is 1190. The van der Waals surface area contributed by atoms with Crippen molar-refractivity contribution in [1.29, 1.82) is 0 Å². The van der Waals surface area contributed by atoms with Gasteiger partial charge in [0.05, 0.1) is 17.6 Å². The first-order valence-electron chi connectivity index (χ1n) is 13.2. The Morgan fingerprint density at radius 2 is 1.89 bits per heavy atom. The van der Waals surface area contributed by atoms with Crippen molar-refractivity contribution in [1.82, 2.24) is 19.3 Å². The smallest absolute Gasteiger partial charge is 0.258 e. The minimum absolute atomic E-state index is 0.0811. The average molecular weight is 475 g/mol. The van der Waals surface area contributed by atoms with Crippen LogP contribution in [-0.2, 0) is 0 Å². The molecule has 35 heavy (non-hydrogen) atoms. The lowest BCUT2D eigenvalue weighted by Gasteiger charge is -2.23. The molecule has 0 saturated carbocycles. The molecule has 0 fully saturated rings. The highest BCUT2D eigenvalue weighted by atomic mass is 16.1. The molecule has 0 amide bonds. The molecule has 0 aromatic carbocycles. The molecule has 0 saturated heterocycles. The second-order valence-corrected chi connectivity index (χ2v) is 10.1. The summed E-state index contributed by atoms with van der Waals surface area (Å²) in [6.45, 7) is 17.5. The SMILES string of the molecule is C=C1C=CC(c2cc(=O)n3cc(C(CCC)CCC(C)CC)ncc3n2)=CN1/C=C(/C)C(C)CC. The second-order valence-electron chi connectivity index (χ2n) is 10.1. The molecule has 3 rings (SSSR count). The molecule has 2 aromatic heterocycles. The maximum atomic E-state index is 13.1. The molecule has 0 N–H and O–H groups in total. The summed E-state index contributed by atoms with van der Waals surface area (Å²) in [5, 5.41) is 0. The standard InChI is InChI=1S/C30H42N4O/c1-8-11-25(14-12-21(4)9-2)28-20-34-29(17-31-28)32-27(16-30(34)35)26-15-13-24(7)33(19-26)18-23(6)22(5)10-3/h13,15-22,25H,7-12,14H2,1-6H3/b23-18-. The highest BCUT2D eigenvalue weighted by Crippen LogP contribution is 2.28. The monoisotopic (exact) mass is 474 g/mol. The van der Waals surface area contributed by atoms with Crippen LogP contribution in [0.4, 0.5) is 0 Å². The van der Waals surface area contributed by atoms with Gasteiger partial charge in [-0.2, -0.15) is 0 Å². The maximum absolute atomic E-state index is 13.1. The van der Waals surface area contributed by atoms with E-state index >= 15 is 0 Å². The van der Waals surface area contributed by atoms with E-state index in [1.54, 1.807) is 16.7 Å². The van der Waals surface area contributed by atoms with Gasteiger partial charge in [-0.05, 0) is 50.2 Å². The zero-order chi connectivity index (χ0) is 25.5. The zero-order valence-corrected chi connectivity index (χ0v) is 22.4. The third-order valence-corrected chi connectivity index (χ3v) is 7.42. The number of nitrogens with zero attached hydrogens (tertiary/aromatic N) is 4. The number of fused-ring (bicyclic) bond motifs is 1. The molecule has 0 radical (unpaired) electrons. The minimum Gasteiger partial charge on any atom is -0.324 e. The van der Waals surface area contributed by atoms with E-state index in [0.29, 0.717) is 29.1 Å². The van der Waals surface area contributed by atoms with E-state index in [1.165, 1.54) is 18.4 Å². The van der Waals surface area contributed by atoms with Gasteiger partial charge >= 0.3 is 0 Å². The molecular formula is C30H42N4O. The van der Waals surface area contributed by atoms with Crippen LogP contribution < -0.4 is 5.56 Å². The fraction of sp³-hybridized carbons (Fsp3) is 0.500. The maximum Gasteiger partial charge on any atom is 0.258 e. The number of aromatic nitrogens is 3. The zero-order valence-electron chi connectivity index (χ0n) is 22.4. The predicted octanol–water partition coefficient (Wildman–Crippen LogP) is 7.48. The van der Waals surface area contributed by atoms with Crippen molar-refractivity contribution in [2.45, 2.75) is 86.0 Å². The topological polar surface area (TPSA) is 50.5 Å². The van der Waals surface area contributed by atoms with Gasteiger partial charge in [0.25, 0.3) is 5.56 Å². The van der Waals surface area contributed by atoms with Gasteiger partial charge in [-0.15, -0.1) is 0 Å². The molecule has 1 aliphatic heterocycles. The van der Waals surface area contributed by atoms with Gasteiger partial charge in [0.1, 0.15) is 0 Å². The Morgan fingerprint density at radius 3 is 2.57 bits per heavy atom. The van der Waals surface area contributed by atoms with Crippen LogP contribution in [0.1, 0.15) is 97.4 Å². The Morgan fingerprint density at radius 1 is 1.11 bits per heavy atom. The summed E-state index contributed by atoms with van der Waals surface area (Å²) in [4.78, 5) is 24.7.